The highest BCUT2D eigenvalue weighted by Crippen LogP contribution is 2.23. The summed E-state index contributed by atoms with van der Waals surface area (Å²) in [5, 5.41) is 0. The first-order valence-electron chi connectivity index (χ1n) is 11.5. The molecule has 31 heavy (non-hydrogen) atoms. The van der Waals surface area contributed by atoms with Gasteiger partial charge in [0.05, 0.1) is 12.6 Å². The highest BCUT2D eigenvalue weighted by Gasteiger charge is 2.25. The SMILES string of the molecule is Cc1c(C)n2c3c(=O)n(CCN4CCCCC4)c(=O)n(C)c3nc2n1CC1CCCO1. The van der Waals surface area contributed by atoms with Gasteiger partial charge in [-0.05, 0) is 52.6 Å². The van der Waals surface area contributed by atoms with Crippen molar-refractivity contribution in [3.8, 4) is 0 Å². The largest absolute Gasteiger partial charge is 0.376 e. The van der Waals surface area contributed by atoms with Crippen LogP contribution in [0.3, 0.4) is 0 Å². The van der Waals surface area contributed by atoms with Gasteiger partial charge >= 0.3 is 5.69 Å². The van der Waals surface area contributed by atoms with Gasteiger partial charge < -0.3 is 14.2 Å². The fourth-order valence-electron chi connectivity index (χ4n) is 5.15. The number of hydrogen-bond donors (Lipinski definition) is 0. The number of ether oxygens (including phenoxy) is 1. The van der Waals surface area contributed by atoms with E-state index >= 15 is 0 Å². The minimum atomic E-state index is -0.296. The van der Waals surface area contributed by atoms with Crippen molar-refractivity contribution in [2.45, 2.75) is 65.1 Å². The van der Waals surface area contributed by atoms with E-state index in [1.165, 1.54) is 28.4 Å². The lowest BCUT2D eigenvalue weighted by molar-refractivity contribution is 0.0974. The summed E-state index contributed by atoms with van der Waals surface area (Å²) < 4.78 is 12.8. The molecule has 0 N–H and O–H groups in total. The highest BCUT2D eigenvalue weighted by atomic mass is 16.5. The average molecular weight is 429 g/mol. The monoisotopic (exact) mass is 428 g/mol. The van der Waals surface area contributed by atoms with E-state index in [1.54, 1.807) is 7.05 Å². The zero-order valence-corrected chi connectivity index (χ0v) is 18.8. The Morgan fingerprint density at radius 2 is 1.77 bits per heavy atom. The maximum Gasteiger partial charge on any atom is 0.332 e. The van der Waals surface area contributed by atoms with Crippen molar-refractivity contribution in [2.75, 3.05) is 26.2 Å². The number of hydrogen-bond acceptors (Lipinski definition) is 5. The van der Waals surface area contributed by atoms with Crippen LogP contribution in [0.25, 0.3) is 16.9 Å². The Bertz CT molecular complexity index is 1230. The van der Waals surface area contributed by atoms with Crippen molar-refractivity contribution in [3.05, 3.63) is 32.2 Å². The van der Waals surface area contributed by atoms with E-state index in [-0.39, 0.29) is 17.4 Å². The van der Waals surface area contributed by atoms with Crippen molar-refractivity contribution < 1.29 is 4.74 Å². The van der Waals surface area contributed by atoms with Gasteiger partial charge in [0.15, 0.2) is 11.2 Å². The molecule has 5 heterocycles. The van der Waals surface area contributed by atoms with E-state index in [4.69, 9.17) is 9.72 Å². The Labute approximate surface area is 180 Å². The molecule has 0 aromatic carbocycles. The van der Waals surface area contributed by atoms with Crippen LogP contribution in [0.15, 0.2) is 9.59 Å². The quantitative estimate of drug-likeness (QED) is 0.614. The van der Waals surface area contributed by atoms with E-state index in [1.807, 2.05) is 11.3 Å². The number of rotatable bonds is 5. The number of nitrogens with zero attached hydrogens (tertiary/aromatic N) is 6. The highest BCUT2D eigenvalue weighted by molar-refractivity contribution is 5.76. The van der Waals surface area contributed by atoms with Crippen molar-refractivity contribution in [2.24, 2.45) is 7.05 Å². The molecule has 3 aromatic rings. The van der Waals surface area contributed by atoms with Crippen LogP contribution in [0, 0.1) is 13.8 Å². The molecule has 0 amide bonds. The van der Waals surface area contributed by atoms with Crippen molar-refractivity contribution in [3.63, 3.8) is 0 Å². The van der Waals surface area contributed by atoms with E-state index in [2.05, 4.69) is 16.4 Å². The zero-order chi connectivity index (χ0) is 21.7. The Hall–Kier alpha value is -2.39. The van der Waals surface area contributed by atoms with Crippen LogP contribution < -0.4 is 11.2 Å². The average Bonchev–Trinajstić information content (AvgIpc) is 3.48. The predicted molar refractivity (Wildman–Crippen MR) is 119 cm³/mol. The molecule has 9 heteroatoms. The Kier molecular flexibility index (Phi) is 5.26. The molecule has 0 saturated carbocycles. The minimum absolute atomic E-state index is 0.166. The van der Waals surface area contributed by atoms with Gasteiger partial charge in [0.2, 0.25) is 5.78 Å². The number of piperidine rings is 1. The normalized spacial score (nSPS) is 20.4. The summed E-state index contributed by atoms with van der Waals surface area (Å²) in [6.07, 6.45) is 5.91. The third-order valence-corrected chi connectivity index (χ3v) is 7.13. The molecule has 0 radical (unpaired) electrons. The second kappa shape index (κ2) is 7.94. The standard InChI is InChI=1S/C22H32N6O3/c1-15-16(2)28-18-19(23-21(28)27(15)14-17-8-7-13-31-17)24(3)22(30)26(20(18)29)12-11-25-9-5-4-6-10-25/h17H,4-14H2,1-3H3. The van der Waals surface area contributed by atoms with Crippen LogP contribution in [0.5, 0.6) is 0 Å². The lowest BCUT2D eigenvalue weighted by Gasteiger charge is -2.26. The maximum absolute atomic E-state index is 13.5. The van der Waals surface area contributed by atoms with Crippen LogP contribution >= 0.6 is 0 Å². The summed E-state index contributed by atoms with van der Waals surface area (Å²) in [6.45, 7) is 8.79. The van der Waals surface area contributed by atoms with E-state index in [0.29, 0.717) is 30.0 Å². The first-order valence-corrected chi connectivity index (χ1v) is 11.5. The number of imidazole rings is 2. The lowest BCUT2D eigenvalue weighted by atomic mass is 10.1. The molecule has 2 fully saturated rings. The molecular formula is C22H32N6O3. The fourth-order valence-corrected chi connectivity index (χ4v) is 5.15. The van der Waals surface area contributed by atoms with Gasteiger partial charge in [-0.15, -0.1) is 0 Å². The van der Waals surface area contributed by atoms with Crippen LogP contribution in [0.4, 0.5) is 0 Å². The Balaban J connectivity index is 1.61. The van der Waals surface area contributed by atoms with Gasteiger partial charge in [0.1, 0.15) is 0 Å². The summed E-state index contributed by atoms with van der Waals surface area (Å²) in [5.74, 6) is 0.710. The summed E-state index contributed by atoms with van der Waals surface area (Å²) in [4.78, 5) is 33.6. The van der Waals surface area contributed by atoms with Gasteiger partial charge in [-0.25, -0.2) is 4.79 Å². The molecule has 3 aromatic heterocycles. The van der Waals surface area contributed by atoms with Crippen molar-refractivity contribution in [1.29, 1.82) is 0 Å². The lowest BCUT2D eigenvalue weighted by Crippen LogP contribution is -2.43. The predicted octanol–water partition coefficient (Wildman–Crippen LogP) is 1.43. The van der Waals surface area contributed by atoms with Gasteiger partial charge in [0.25, 0.3) is 5.56 Å². The maximum atomic E-state index is 13.5. The van der Waals surface area contributed by atoms with Gasteiger partial charge in [-0.2, -0.15) is 4.98 Å². The topological polar surface area (TPSA) is 78.7 Å². The smallest absolute Gasteiger partial charge is 0.332 e. The molecular weight excluding hydrogens is 396 g/mol. The van der Waals surface area contributed by atoms with Gasteiger partial charge in [-0.3, -0.25) is 18.3 Å². The van der Waals surface area contributed by atoms with E-state index in [9.17, 15) is 9.59 Å². The molecule has 2 aliphatic heterocycles. The van der Waals surface area contributed by atoms with Gasteiger partial charge in [-0.1, -0.05) is 6.42 Å². The molecule has 9 nitrogen and oxygen atoms in total. The fraction of sp³-hybridized carbons (Fsp3) is 0.682. The molecule has 0 spiro atoms. The number of fused-ring (bicyclic) bond motifs is 3. The van der Waals surface area contributed by atoms with Crippen LogP contribution in [-0.4, -0.2) is 60.3 Å². The summed E-state index contributed by atoms with van der Waals surface area (Å²) in [5.41, 5.74) is 2.45. The van der Waals surface area contributed by atoms with E-state index in [0.717, 1.165) is 50.5 Å². The summed E-state index contributed by atoms with van der Waals surface area (Å²) in [6, 6.07) is 0. The van der Waals surface area contributed by atoms with Crippen LogP contribution in [0.2, 0.25) is 0 Å². The second-order valence-corrected chi connectivity index (χ2v) is 9.04. The molecule has 1 atom stereocenters. The third-order valence-electron chi connectivity index (χ3n) is 7.13. The number of likely N-dealkylation sites (tertiary alicyclic amines) is 1. The minimum Gasteiger partial charge on any atom is -0.376 e. The summed E-state index contributed by atoms with van der Waals surface area (Å²) in [7, 11) is 1.71. The molecule has 1 unspecified atom stereocenters. The molecule has 2 saturated heterocycles. The number of aromatic nitrogens is 5. The van der Waals surface area contributed by atoms with Crippen molar-refractivity contribution in [1.82, 2.24) is 28.0 Å². The zero-order valence-electron chi connectivity index (χ0n) is 18.8. The summed E-state index contributed by atoms with van der Waals surface area (Å²) >= 11 is 0. The third kappa shape index (κ3) is 3.34. The second-order valence-electron chi connectivity index (χ2n) is 9.04. The molecule has 2 aliphatic rings. The Morgan fingerprint density at radius 3 is 2.48 bits per heavy atom. The van der Waals surface area contributed by atoms with Gasteiger partial charge in [0, 0.05) is 38.1 Å². The van der Waals surface area contributed by atoms with Crippen molar-refractivity contribution >= 4 is 16.9 Å². The molecule has 5 rings (SSSR count). The first-order chi connectivity index (χ1) is 15.0. The molecule has 168 valence electrons. The number of aryl methyl sites for hydroxylation is 2. The Morgan fingerprint density at radius 1 is 1.00 bits per heavy atom. The van der Waals surface area contributed by atoms with Crippen LogP contribution in [0.1, 0.15) is 43.5 Å². The molecule has 0 aliphatic carbocycles. The molecule has 0 bridgehead atoms. The van der Waals surface area contributed by atoms with Crippen LogP contribution in [-0.2, 0) is 24.9 Å². The van der Waals surface area contributed by atoms with E-state index < -0.39 is 0 Å². The first kappa shape index (κ1) is 20.5.